The minimum atomic E-state index is -5.20. The number of ether oxygens (including phenoxy) is 2. The summed E-state index contributed by atoms with van der Waals surface area (Å²) in [5, 5.41) is 7.23. The third-order valence-electron chi connectivity index (χ3n) is 7.82. The van der Waals surface area contributed by atoms with Gasteiger partial charge in [-0.2, -0.15) is 0 Å². The van der Waals surface area contributed by atoms with Gasteiger partial charge < -0.3 is 23.8 Å². The highest BCUT2D eigenvalue weighted by Gasteiger charge is 2.49. The lowest BCUT2D eigenvalue weighted by atomic mass is 9.98. The minimum Gasteiger partial charge on any atom is -0.352 e. The lowest BCUT2D eigenvalue weighted by Gasteiger charge is -2.34. The molecule has 0 bridgehead atoms. The zero-order valence-electron chi connectivity index (χ0n) is 27.4. The van der Waals surface area contributed by atoms with E-state index in [1.54, 1.807) is 0 Å². The molecule has 2 saturated heterocycles. The largest absolute Gasteiger partial charge is 0.473 e. The summed E-state index contributed by atoms with van der Waals surface area (Å²) in [6, 6.07) is -1.98. The Bertz CT molecular complexity index is 2030. The molecule has 0 spiro atoms. The summed E-state index contributed by atoms with van der Waals surface area (Å²) in [6.45, 7) is 5.77. The summed E-state index contributed by atoms with van der Waals surface area (Å²) in [7, 11) is -10.2. The van der Waals surface area contributed by atoms with Crippen LogP contribution in [0, 0.1) is 19.3 Å². The Hall–Kier alpha value is -3.84. The van der Waals surface area contributed by atoms with Crippen molar-refractivity contribution in [3.05, 3.63) is 86.1 Å². The van der Waals surface area contributed by atoms with Crippen molar-refractivity contribution in [2.75, 3.05) is 13.2 Å². The van der Waals surface area contributed by atoms with Crippen LogP contribution in [0.1, 0.15) is 57.2 Å². The molecule has 3 unspecified atom stereocenters. The first-order chi connectivity index (χ1) is 23.3. The van der Waals surface area contributed by atoms with E-state index in [0.717, 1.165) is 9.13 Å². The number of nitrogens with zero attached hydrogens (tertiary/aromatic N) is 8. The zero-order valence-corrected chi connectivity index (χ0v) is 29.2. The van der Waals surface area contributed by atoms with E-state index in [1.807, 2.05) is 0 Å². The second-order valence-electron chi connectivity index (χ2n) is 12.7. The Morgan fingerprint density at radius 3 is 1.70 bits per heavy atom. The van der Waals surface area contributed by atoms with E-state index in [-0.39, 0.29) is 24.0 Å². The van der Waals surface area contributed by atoms with Crippen molar-refractivity contribution in [2.24, 2.45) is 15.6 Å². The Balaban J connectivity index is 1.46. The molecule has 2 aliphatic rings. The highest BCUT2D eigenvalue weighted by atomic mass is 31.2. The molecule has 2 fully saturated rings. The molecule has 4 rings (SSSR count). The first-order valence-corrected chi connectivity index (χ1v) is 18.1. The number of phosphoric acid groups is 1. The predicted octanol–water partition coefficient (Wildman–Crippen LogP) is 2.34. The van der Waals surface area contributed by atoms with Crippen molar-refractivity contribution in [1.29, 1.82) is 0 Å². The zero-order chi connectivity index (χ0) is 37.2. The predicted molar refractivity (Wildman–Crippen MR) is 171 cm³/mol. The van der Waals surface area contributed by atoms with Gasteiger partial charge in [-0.1, -0.05) is 31.0 Å². The molecule has 9 atom stereocenters. The van der Waals surface area contributed by atoms with Crippen LogP contribution in [0.2, 0.25) is 0 Å². The number of aromatic nitrogens is 4. The van der Waals surface area contributed by atoms with Crippen LogP contribution < -0.4 is 22.5 Å². The smallest absolute Gasteiger partial charge is 0.352 e. The molecule has 4 N–H and O–H groups in total. The number of azide groups is 2. The van der Waals surface area contributed by atoms with Crippen LogP contribution in [-0.2, 0) is 32.2 Å². The highest BCUT2D eigenvalue weighted by molar-refractivity contribution is 7.55. The van der Waals surface area contributed by atoms with E-state index >= 15 is 0 Å². The van der Waals surface area contributed by atoms with Crippen LogP contribution >= 0.6 is 15.4 Å². The number of phosphoric ester groups is 1. The summed E-state index contributed by atoms with van der Waals surface area (Å²) in [6.07, 6.45) is -2.09. The second kappa shape index (κ2) is 15.2. The molecule has 2 aromatic heterocycles. The van der Waals surface area contributed by atoms with E-state index in [2.05, 4.69) is 30.0 Å². The second-order valence-corrected chi connectivity index (χ2v) is 15.9. The Labute approximate surface area is 281 Å². The number of hydrogen-bond donors (Lipinski definition) is 4. The van der Waals surface area contributed by atoms with Crippen LogP contribution in [0.25, 0.3) is 20.9 Å². The van der Waals surface area contributed by atoms with Crippen LogP contribution in [0.15, 0.2) is 41.8 Å². The van der Waals surface area contributed by atoms with Crippen LogP contribution in [-0.4, -0.2) is 72.2 Å². The van der Waals surface area contributed by atoms with Gasteiger partial charge in [0.15, 0.2) is 5.85 Å². The summed E-state index contributed by atoms with van der Waals surface area (Å²) in [5.74, 6) is -1.99. The summed E-state index contributed by atoms with van der Waals surface area (Å²) >= 11 is 0. The van der Waals surface area contributed by atoms with Gasteiger partial charge in [0.25, 0.3) is 11.1 Å². The van der Waals surface area contributed by atoms with Gasteiger partial charge in [0, 0.05) is 51.6 Å². The maximum Gasteiger partial charge on any atom is 0.473 e. The number of aryl methyl sites for hydroxylation is 2. The van der Waals surface area contributed by atoms with Gasteiger partial charge in [-0.25, -0.2) is 14.2 Å². The molecule has 0 radical (unpaired) electrons. The Morgan fingerprint density at radius 2 is 1.30 bits per heavy atom. The van der Waals surface area contributed by atoms with Gasteiger partial charge in [0.05, 0.1) is 37.5 Å². The standard InChI is InChI=1S/C25H36N10O13P2/c1-12-8-34(23(38)28-20(12)36)18-6-14(30-32-26)16(46-18)10-44-49(40,41)22(25(3,4)5)48-50(42,43)45-11-17-15(31-33-27)7-19(47-17)35-9-13(2)21(37)29-24(35)39/h8-9,14-19,22H,6-7,10-11H2,1-5H3,(H,40,41)(H,42,43)(H,28,36,38)(H,29,37,39)/t14-,15-,16+,17+,18+,19+,22?/m0/s1. The van der Waals surface area contributed by atoms with Gasteiger partial charge in [-0.05, 0) is 24.9 Å². The summed E-state index contributed by atoms with van der Waals surface area (Å²) in [5.41, 5.74) is 14.3. The minimum absolute atomic E-state index is 0.0600. The SMILES string of the molecule is Cc1cn([C@H]2C[C@H](N=[N+]=[N-])[C@@H](COP(=O)(O)OC(C(C)(C)C)P(=O)(O)OC[C@H]3O[C@@H](n4cc(C)c(=O)[nH]c4=O)C[C@@H]3N=[N+]=[N-])O2)c(=O)[nH]c1=O. The van der Waals surface area contributed by atoms with E-state index < -0.39 is 99.1 Å². The van der Waals surface area contributed by atoms with Crippen LogP contribution in [0.3, 0.4) is 0 Å². The van der Waals surface area contributed by atoms with Crippen molar-refractivity contribution >= 4 is 15.4 Å². The highest BCUT2D eigenvalue weighted by Crippen LogP contribution is 2.61. The topological polar surface area (TPSA) is 328 Å². The fourth-order valence-corrected chi connectivity index (χ4v) is 8.60. The van der Waals surface area contributed by atoms with Crippen LogP contribution in [0.5, 0.6) is 0 Å². The van der Waals surface area contributed by atoms with E-state index in [0.29, 0.717) is 0 Å². The fraction of sp³-hybridized carbons (Fsp3) is 0.680. The lowest BCUT2D eigenvalue weighted by Crippen LogP contribution is -2.34. The third kappa shape index (κ3) is 9.08. The fourth-order valence-electron chi connectivity index (χ4n) is 5.33. The van der Waals surface area contributed by atoms with Gasteiger partial charge in [-0.15, -0.1) is 0 Å². The molecule has 4 heterocycles. The van der Waals surface area contributed by atoms with Crippen molar-refractivity contribution < 1.29 is 42.0 Å². The average molecular weight is 747 g/mol. The molecule has 2 aromatic rings. The van der Waals surface area contributed by atoms with E-state index in [4.69, 9.17) is 34.1 Å². The summed E-state index contributed by atoms with van der Waals surface area (Å²) in [4.78, 5) is 79.7. The molecule has 0 saturated carbocycles. The van der Waals surface area contributed by atoms with E-state index in [1.165, 1.54) is 47.0 Å². The number of rotatable bonds is 13. The maximum atomic E-state index is 13.6. The average Bonchev–Trinajstić information content (AvgIpc) is 3.61. The molecular weight excluding hydrogens is 710 g/mol. The van der Waals surface area contributed by atoms with Gasteiger partial charge >= 0.3 is 26.8 Å². The Morgan fingerprint density at radius 1 is 0.880 bits per heavy atom. The van der Waals surface area contributed by atoms with E-state index in [9.17, 15) is 38.1 Å². The maximum absolute atomic E-state index is 13.6. The normalized spacial score (nSPS) is 26.7. The number of aromatic amines is 2. The number of H-pyrrole nitrogens is 2. The summed E-state index contributed by atoms with van der Waals surface area (Å²) < 4.78 is 56.0. The Kier molecular flexibility index (Phi) is 11.8. The van der Waals surface area contributed by atoms with Crippen molar-refractivity contribution in [3.63, 3.8) is 0 Å². The molecule has 23 nitrogen and oxygen atoms in total. The van der Waals surface area contributed by atoms with Crippen molar-refractivity contribution in [1.82, 2.24) is 19.1 Å². The van der Waals surface area contributed by atoms with Crippen molar-refractivity contribution in [2.45, 2.75) is 90.1 Å². The third-order valence-corrected chi connectivity index (χ3v) is 10.9. The van der Waals surface area contributed by atoms with Gasteiger partial charge in [0.1, 0.15) is 12.5 Å². The lowest BCUT2D eigenvalue weighted by molar-refractivity contribution is -0.0341. The molecule has 0 aromatic carbocycles. The molecule has 0 aliphatic carbocycles. The molecule has 25 heteroatoms. The molecular formula is C25H36N10O13P2. The van der Waals surface area contributed by atoms with Crippen molar-refractivity contribution in [3.8, 4) is 0 Å². The first-order valence-electron chi connectivity index (χ1n) is 14.9. The quantitative estimate of drug-likeness (QED) is 0.0991. The van der Waals surface area contributed by atoms with Gasteiger partial charge in [0.2, 0.25) is 0 Å². The molecule has 274 valence electrons. The molecule has 0 amide bonds. The number of hydrogen-bond acceptors (Lipinski definition) is 13. The molecule has 50 heavy (non-hydrogen) atoms. The monoisotopic (exact) mass is 746 g/mol. The van der Waals surface area contributed by atoms with Crippen LogP contribution in [0.4, 0.5) is 0 Å². The molecule has 2 aliphatic heterocycles. The number of nitrogens with one attached hydrogen (secondary N) is 2. The first kappa shape index (κ1) is 39.0. The van der Waals surface area contributed by atoms with Gasteiger partial charge in [-0.3, -0.25) is 42.3 Å².